The van der Waals surface area contributed by atoms with Crippen molar-refractivity contribution in [2.45, 2.75) is 6.92 Å². The highest BCUT2D eigenvalue weighted by Crippen LogP contribution is 2.38. The van der Waals surface area contributed by atoms with Crippen molar-refractivity contribution in [1.82, 2.24) is 4.98 Å². The van der Waals surface area contributed by atoms with Crippen molar-refractivity contribution in [1.29, 1.82) is 0 Å². The Morgan fingerprint density at radius 3 is 2.41 bits per heavy atom. The summed E-state index contributed by atoms with van der Waals surface area (Å²) >= 11 is 12.3. The lowest BCUT2D eigenvalue weighted by molar-refractivity contribution is 0.414. The number of aromatic nitrogens is 1. The Bertz CT molecular complexity index is 535. The third kappa shape index (κ3) is 2.38. The van der Waals surface area contributed by atoms with E-state index in [4.69, 9.17) is 27.9 Å². The summed E-state index contributed by atoms with van der Waals surface area (Å²) in [6, 6.07) is 7.27. The van der Waals surface area contributed by atoms with Gasteiger partial charge in [-0.05, 0) is 30.7 Å². The maximum absolute atomic E-state index is 6.15. The van der Waals surface area contributed by atoms with E-state index in [1.165, 1.54) is 0 Å². The van der Waals surface area contributed by atoms with E-state index in [1.807, 2.05) is 13.0 Å². The molecule has 1 aromatic carbocycles. The Balaban J connectivity index is 2.68. The molecular formula is C13H11Cl2NO. The van der Waals surface area contributed by atoms with E-state index in [-0.39, 0.29) is 0 Å². The molecule has 0 saturated heterocycles. The number of benzene rings is 1. The number of hydrogen-bond acceptors (Lipinski definition) is 2. The Morgan fingerprint density at radius 1 is 1.18 bits per heavy atom. The van der Waals surface area contributed by atoms with Crippen molar-refractivity contribution >= 4 is 23.2 Å². The number of rotatable bonds is 2. The van der Waals surface area contributed by atoms with E-state index >= 15 is 0 Å². The van der Waals surface area contributed by atoms with Gasteiger partial charge in [0.25, 0.3) is 0 Å². The summed E-state index contributed by atoms with van der Waals surface area (Å²) in [5.41, 5.74) is 2.38. The van der Waals surface area contributed by atoms with Gasteiger partial charge < -0.3 is 4.74 Å². The minimum absolute atomic E-state index is 0.562. The first-order valence-corrected chi connectivity index (χ1v) is 5.84. The van der Waals surface area contributed by atoms with Gasteiger partial charge in [-0.3, -0.25) is 4.98 Å². The van der Waals surface area contributed by atoms with Gasteiger partial charge in [-0.15, -0.1) is 0 Å². The second-order valence-corrected chi connectivity index (χ2v) is 4.47. The average Bonchev–Trinajstić information content (AvgIpc) is 2.30. The van der Waals surface area contributed by atoms with Crippen LogP contribution >= 0.6 is 23.2 Å². The average molecular weight is 268 g/mol. The Labute approximate surface area is 110 Å². The second-order valence-electron chi connectivity index (χ2n) is 3.66. The number of methoxy groups -OCH3 is 1. The first-order chi connectivity index (χ1) is 8.13. The predicted molar refractivity (Wildman–Crippen MR) is 71.0 cm³/mol. The van der Waals surface area contributed by atoms with E-state index in [0.717, 1.165) is 5.56 Å². The zero-order valence-electron chi connectivity index (χ0n) is 9.50. The van der Waals surface area contributed by atoms with E-state index in [0.29, 0.717) is 27.1 Å². The number of halogens is 2. The fraction of sp³-hybridized carbons (Fsp3) is 0.154. The third-order valence-electron chi connectivity index (χ3n) is 2.41. The summed E-state index contributed by atoms with van der Waals surface area (Å²) in [7, 11) is 1.60. The van der Waals surface area contributed by atoms with Gasteiger partial charge in [0, 0.05) is 11.8 Å². The summed E-state index contributed by atoms with van der Waals surface area (Å²) in [5.74, 6) is 0.667. The van der Waals surface area contributed by atoms with Gasteiger partial charge in [0.2, 0.25) is 0 Å². The number of hydrogen-bond donors (Lipinski definition) is 0. The topological polar surface area (TPSA) is 22.1 Å². The molecule has 0 amide bonds. The van der Waals surface area contributed by atoms with Crippen LogP contribution in [0.5, 0.6) is 5.75 Å². The van der Waals surface area contributed by atoms with Crippen LogP contribution in [0.1, 0.15) is 5.56 Å². The number of nitrogens with zero attached hydrogens (tertiary/aromatic N) is 1. The molecular weight excluding hydrogens is 257 g/mol. The molecule has 0 aliphatic heterocycles. The molecule has 2 aromatic rings. The van der Waals surface area contributed by atoms with E-state index < -0.39 is 0 Å². The molecule has 88 valence electrons. The van der Waals surface area contributed by atoms with Gasteiger partial charge in [0.15, 0.2) is 0 Å². The fourth-order valence-electron chi connectivity index (χ4n) is 1.61. The van der Waals surface area contributed by atoms with Crippen LogP contribution in [0.4, 0.5) is 0 Å². The van der Waals surface area contributed by atoms with Crippen LogP contribution in [0.25, 0.3) is 11.3 Å². The summed E-state index contributed by atoms with van der Waals surface area (Å²) in [5, 5.41) is 1.12. The quantitative estimate of drug-likeness (QED) is 0.806. The van der Waals surface area contributed by atoms with E-state index in [2.05, 4.69) is 4.98 Å². The highest BCUT2D eigenvalue weighted by Gasteiger charge is 2.14. The number of aryl methyl sites for hydroxylation is 1. The lowest BCUT2D eigenvalue weighted by atomic mass is 10.1. The summed E-state index contributed by atoms with van der Waals surface area (Å²) in [6.45, 7) is 1.95. The van der Waals surface area contributed by atoms with Crippen molar-refractivity contribution in [3.63, 3.8) is 0 Å². The molecule has 0 atom stereocenters. The number of pyridine rings is 1. The molecule has 0 N–H and O–H groups in total. The van der Waals surface area contributed by atoms with Crippen LogP contribution in [0.3, 0.4) is 0 Å². The van der Waals surface area contributed by atoms with Gasteiger partial charge >= 0.3 is 0 Å². The zero-order valence-corrected chi connectivity index (χ0v) is 11.0. The molecule has 1 heterocycles. The molecule has 0 aliphatic rings. The molecule has 0 spiro atoms. The molecule has 1 aromatic heterocycles. The smallest absolute Gasteiger partial charge is 0.145 e. The lowest BCUT2D eigenvalue weighted by Gasteiger charge is -2.11. The highest BCUT2D eigenvalue weighted by atomic mass is 35.5. The van der Waals surface area contributed by atoms with Crippen LogP contribution in [0, 0.1) is 6.92 Å². The maximum Gasteiger partial charge on any atom is 0.145 e. The third-order valence-corrected chi connectivity index (χ3v) is 3.04. The first-order valence-electron chi connectivity index (χ1n) is 5.08. The fourth-order valence-corrected chi connectivity index (χ4v) is 2.19. The highest BCUT2D eigenvalue weighted by molar-refractivity contribution is 6.39. The first kappa shape index (κ1) is 12.2. The Kier molecular flexibility index (Phi) is 3.55. The minimum Gasteiger partial charge on any atom is -0.494 e. The molecule has 0 fully saturated rings. The van der Waals surface area contributed by atoms with Crippen molar-refractivity contribution in [3.8, 4) is 17.0 Å². The zero-order chi connectivity index (χ0) is 12.4. The molecule has 0 bridgehead atoms. The minimum atomic E-state index is 0.562. The van der Waals surface area contributed by atoms with Crippen LogP contribution in [-0.4, -0.2) is 12.1 Å². The van der Waals surface area contributed by atoms with Gasteiger partial charge in [0.1, 0.15) is 11.4 Å². The summed E-state index contributed by atoms with van der Waals surface area (Å²) < 4.78 is 5.31. The van der Waals surface area contributed by atoms with Crippen LogP contribution in [0.15, 0.2) is 30.5 Å². The molecule has 0 saturated carbocycles. The predicted octanol–water partition coefficient (Wildman–Crippen LogP) is 4.37. The van der Waals surface area contributed by atoms with Crippen molar-refractivity contribution in [3.05, 3.63) is 46.1 Å². The van der Waals surface area contributed by atoms with E-state index in [1.54, 1.807) is 31.5 Å². The van der Waals surface area contributed by atoms with Gasteiger partial charge in [-0.1, -0.05) is 29.3 Å². The molecule has 0 radical (unpaired) electrons. The monoisotopic (exact) mass is 267 g/mol. The van der Waals surface area contributed by atoms with E-state index in [9.17, 15) is 0 Å². The Hall–Kier alpha value is -1.25. The SMILES string of the molecule is COc1cc(C)cnc1-c1c(Cl)cccc1Cl. The molecule has 17 heavy (non-hydrogen) atoms. The summed E-state index contributed by atoms with van der Waals surface area (Å²) in [6.07, 6.45) is 1.76. The maximum atomic E-state index is 6.15. The van der Waals surface area contributed by atoms with Gasteiger partial charge in [-0.25, -0.2) is 0 Å². The lowest BCUT2D eigenvalue weighted by Crippen LogP contribution is -1.93. The number of ether oxygens (including phenoxy) is 1. The molecule has 0 aliphatic carbocycles. The van der Waals surface area contributed by atoms with Crippen LogP contribution in [0.2, 0.25) is 10.0 Å². The van der Waals surface area contributed by atoms with Crippen molar-refractivity contribution in [2.24, 2.45) is 0 Å². The van der Waals surface area contributed by atoms with Crippen LogP contribution in [-0.2, 0) is 0 Å². The molecule has 4 heteroatoms. The van der Waals surface area contributed by atoms with Crippen molar-refractivity contribution in [2.75, 3.05) is 7.11 Å². The summed E-state index contributed by atoms with van der Waals surface area (Å²) in [4.78, 5) is 4.35. The van der Waals surface area contributed by atoms with Crippen molar-refractivity contribution < 1.29 is 4.74 Å². The normalized spacial score (nSPS) is 10.4. The second kappa shape index (κ2) is 4.94. The van der Waals surface area contributed by atoms with Gasteiger partial charge in [0.05, 0.1) is 17.2 Å². The Morgan fingerprint density at radius 2 is 1.82 bits per heavy atom. The standard InChI is InChI=1S/C13H11Cl2NO/c1-8-6-11(17-2)13(16-7-8)12-9(14)4-3-5-10(12)15/h3-7H,1-2H3. The molecule has 2 rings (SSSR count). The van der Waals surface area contributed by atoms with Gasteiger partial charge in [-0.2, -0.15) is 0 Å². The largest absolute Gasteiger partial charge is 0.494 e. The van der Waals surface area contributed by atoms with Crippen LogP contribution < -0.4 is 4.74 Å². The molecule has 0 unspecified atom stereocenters. The molecule has 2 nitrogen and oxygen atoms in total.